The van der Waals surface area contributed by atoms with Gasteiger partial charge in [0.2, 0.25) is 0 Å². The molecule has 0 aliphatic heterocycles. The third-order valence-electron chi connectivity index (χ3n) is 1.34. The van der Waals surface area contributed by atoms with Gasteiger partial charge in [-0.2, -0.15) is 0 Å². The Labute approximate surface area is 75.9 Å². The van der Waals surface area contributed by atoms with E-state index in [-0.39, 0.29) is 6.61 Å². The molecule has 0 rings (SSSR count). The van der Waals surface area contributed by atoms with Crippen molar-refractivity contribution in [3.8, 4) is 0 Å². The molecular weight excluding hydrogens is 218 g/mol. The van der Waals surface area contributed by atoms with Gasteiger partial charge in [-0.3, -0.25) is 9.13 Å². The van der Waals surface area contributed by atoms with Crippen LogP contribution in [0.15, 0.2) is 12.7 Å². The van der Waals surface area contributed by atoms with Gasteiger partial charge in [-0.1, -0.05) is 6.08 Å². The highest BCUT2D eigenvalue weighted by atomic mass is 31.2. The summed E-state index contributed by atoms with van der Waals surface area (Å²) in [5.74, 6) is 0. The van der Waals surface area contributed by atoms with E-state index in [1.807, 2.05) is 0 Å². The van der Waals surface area contributed by atoms with Gasteiger partial charge in [-0.05, 0) is 6.92 Å². The second-order valence-corrected chi connectivity index (χ2v) is 6.89. The molecule has 0 bridgehead atoms. The molecule has 0 saturated heterocycles. The van der Waals surface area contributed by atoms with E-state index in [0.717, 1.165) is 6.92 Å². The Morgan fingerprint density at radius 2 is 1.92 bits per heavy atom. The van der Waals surface area contributed by atoms with Gasteiger partial charge in [0.25, 0.3) is 0 Å². The molecule has 0 fully saturated rings. The normalized spacial score (nSPS) is 19.1. The summed E-state index contributed by atoms with van der Waals surface area (Å²) in [7, 11) is -8.85. The van der Waals surface area contributed by atoms with Gasteiger partial charge in [0, 0.05) is 0 Å². The average molecular weight is 230 g/mol. The van der Waals surface area contributed by atoms with Crippen molar-refractivity contribution >= 4 is 15.2 Å². The van der Waals surface area contributed by atoms with Crippen molar-refractivity contribution < 1.29 is 28.3 Å². The van der Waals surface area contributed by atoms with Crippen LogP contribution in [0.3, 0.4) is 0 Å². The largest absolute Gasteiger partial charge is 0.343 e. The van der Waals surface area contributed by atoms with Crippen LogP contribution in [-0.2, 0) is 13.7 Å². The molecule has 8 heteroatoms. The van der Waals surface area contributed by atoms with Gasteiger partial charge >= 0.3 is 15.2 Å². The van der Waals surface area contributed by atoms with Crippen LogP contribution in [0.2, 0.25) is 0 Å². The molecule has 0 aliphatic carbocycles. The van der Waals surface area contributed by atoms with Gasteiger partial charge in [0.15, 0.2) is 5.40 Å². The Hall–Kier alpha value is 0.0400. The molecule has 0 spiro atoms. The Kier molecular flexibility index (Phi) is 4.52. The van der Waals surface area contributed by atoms with Crippen LogP contribution in [-0.4, -0.2) is 26.7 Å². The lowest BCUT2D eigenvalue weighted by atomic mass is 10.7. The molecule has 2 unspecified atom stereocenters. The highest BCUT2D eigenvalue weighted by Gasteiger charge is 2.41. The minimum Gasteiger partial charge on any atom is -0.324 e. The van der Waals surface area contributed by atoms with Crippen molar-refractivity contribution in [2.75, 3.05) is 6.61 Å². The lowest BCUT2D eigenvalue weighted by molar-refractivity contribution is 0.279. The highest BCUT2D eigenvalue weighted by Crippen LogP contribution is 2.62. The van der Waals surface area contributed by atoms with E-state index in [4.69, 9.17) is 14.7 Å². The highest BCUT2D eigenvalue weighted by molar-refractivity contribution is 7.71. The summed E-state index contributed by atoms with van der Waals surface area (Å²) in [4.78, 5) is 26.2. The second kappa shape index (κ2) is 4.51. The number of hydrogen-bond acceptors (Lipinski definition) is 3. The van der Waals surface area contributed by atoms with Gasteiger partial charge in [-0.15, -0.1) is 6.58 Å². The van der Waals surface area contributed by atoms with E-state index in [0.29, 0.717) is 0 Å². The van der Waals surface area contributed by atoms with Crippen LogP contribution in [0.1, 0.15) is 6.92 Å². The monoisotopic (exact) mass is 230 g/mol. The smallest absolute Gasteiger partial charge is 0.324 e. The summed E-state index contributed by atoms with van der Waals surface area (Å²) in [5.41, 5.74) is 0. The fourth-order valence-electron chi connectivity index (χ4n) is 0.457. The molecule has 0 radical (unpaired) electrons. The number of hydrogen-bond donors (Lipinski definition) is 3. The van der Waals surface area contributed by atoms with Crippen molar-refractivity contribution in [3.05, 3.63) is 12.7 Å². The third kappa shape index (κ3) is 4.18. The Morgan fingerprint density at radius 1 is 1.46 bits per heavy atom. The molecule has 2 atom stereocenters. The first kappa shape index (κ1) is 13.0. The van der Waals surface area contributed by atoms with Crippen LogP contribution in [0.5, 0.6) is 0 Å². The lowest BCUT2D eigenvalue weighted by Crippen LogP contribution is -2.06. The van der Waals surface area contributed by atoms with Crippen LogP contribution in [0, 0.1) is 0 Å². The molecule has 6 nitrogen and oxygen atoms in total. The van der Waals surface area contributed by atoms with Gasteiger partial charge in [0.05, 0.1) is 6.61 Å². The molecule has 78 valence electrons. The van der Waals surface area contributed by atoms with Crippen molar-refractivity contribution in [2.24, 2.45) is 0 Å². The van der Waals surface area contributed by atoms with Crippen LogP contribution in [0.4, 0.5) is 0 Å². The molecule has 0 aromatic rings. The predicted molar refractivity (Wildman–Crippen MR) is 47.5 cm³/mol. The summed E-state index contributed by atoms with van der Waals surface area (Å²) in [6.07, 6.45) is 1.22. The molecule has 3 N–H and O–H groups in total. The van der Waals surface area contributed by atoms with E-state index < -0.39 is 20.6 Å². The summed E-state index contributed by atoms with van der Waals surface area (Å²) >= 11 is 0. The van der Waals surface area contributed by atoms with Crippen LogP contribution in [0.25, 0.3) is 0 Å². The summed E-state index contributed by atoms with van der Waals surface area (Å²) < 4.78 is 26.1. The fraction of sp³-hybridized carbons (Fsp3) is 0.600. The van der Waals surface area contributed by atoms with Crippen molar-refractivity contribution in [3.63, 3.8) is 0 Å². The maximum absolute atomic E-state index is 11.1. The maximum atomic E-state index is 11.1. The van der Waals surface area contributed by atoms with Gasteiger partial charge in [-0.25, -0.2) is 0 Å². The minimum absolute atomic E-state index is 0.224. The maximum Gasteiger partial charge on any atom is 0.343 e. The molecule has 0 aromatic heterocycles. The molecule has 0 heterocycles. The Bertz CT molecular complexity index is 268. The zero-order valence-corrected chi connectivity index (χ0v) is 8.82. The summed E-state index contributed by atoms with van der Waals surface area (Å²) in [6, 6.07) is 0. The van der Waals surface area contributed by atoms with E-state index in [2.05, 4.69) is 11.1 Å². The molecular formula is C5H12O6P2. The van der Waals surface area contributed by atoms with Crippen LogP contribution >= 0.6 is 15.2 Å². The number of rotatable bonds is 5. The lowest BCUT2D eigenvalue weighted by Gasteiger charge is -2.18. The molecule has 0 aliphatic rings. The predicted octanol–water partition coefficient (Wildman–Crippen LogP) is 0.898. The average Bonchev–Trinajstić information content (AvgIpc) is 1.98. The molecule has 0 saturated carbocycles. The summed E-state index contributed by atoms with van der Waals surface area (Å²) in [6.45, 7) is 3.97. The zero-order valence-electron chi connectivity index (χ0n) is 7.03. The minimum atomic E-state index is -4.59. The van der Waals surface area contributed by atoms with Crippen molar-refractivity contribution in [2.45, 2.75) is 12.3 Å². The van der Waals surface area contributed by atoms with E-state index in [1.165, 1.54) is 6.08 Å². The Morgan fingerprint density at radius 3 is 2.23 bits per heavy atom. The molecule has 13 heavy (non-hydrogen) atoms. The van der Waals surface area contributed by atoms with Crippen LogP contribution < -0.4 is 0 Å². The quantitative estimate of drug-likeness (QED) is 0.478. The zero-order chi connectivity index (χ0) is 10.7. The SMILES string of the molecule is C=CCOP(=O)(O)C(C)P(=O)(O)O. The second-order valence-electron chi connectivity index (χ2n) is 2.37. The van der Waals surface area contributed by atoms with Crippen molar-refractivity contribution in [1.82, 2.24) is 0 Å². The van der Waals surface area contributed by atoms with Gasteiger partial charge < -0.3 is 19.2 Å². The van der Waals surface area contributed by atoms with Gasteiger partial charge in [0.1, 0.15) is 0 Å². The fourth-order valence-corrected chi connectivity index (χ4v) is 2.71. The Balaban J connectivity index is 4.55. The third-order valence-corrected chi connectivity index (χ3v) is 5.55. The van der Waals surface area contributed by atoms with E-state index >= 15 is 0 Å². The molecule has 0 aromatic carbocycles. The standard InChI is InChI=1S/C5H12O6P2/c1-3-4-11-13(9,10)5(2)12(6,7)8/h3,5H,1,4H2,2H3,(H,9,10)(H2,6,7,8). The summed E-state index contributed by atoms with van der Waals surface area (Å²) in [5, 5.41) is -1.71. The van der Waals surface area contributed by atoms with E-state index in [1.54, 1.807) is 0 Å². The first-order valence-corrected chi connectivity index (χ1v) is 6.67. The van der Waals surface area contributed by atoms with Crippen molar-refractivity contribution in [1.29, 1.82) is 0 Å². The molecule has 0 amide bonds. The first-order chi connectivity index (χ1) is 5.72. The first-order valence-electron chi connectivity index (χ1n) is 3.35. The van der Waals surface area contributed by atoms with E-state index in [9.17, 15) is 9.13 Å². The topological polar surface area (TPSA) is 104 Å².